The van der Waals surface area contributed by atoms with Crippen molar-refractivity contribution in [3.63, 3.8) is 0 Å². The van der Waals surface area contributed by atoms with E-state index in [0.29, 0.717) is 34.2 Å². The fourth-order valence-electron chi connectivity index (χ4n) is 4.84. The van der Waals surface area contributed by atoms with Gasteiger partial charge in [-0.3, -0.25) is 0 Å². The van der Waals surface area contributed by atoms with Crippen molar-refractivity contribution in [2.75, 3.05) is 37.3 Å². The van der Waals surface area contributed by atoms with Crippen LogP contribution in [-0.4, -0.2) is 59.4 Å². The molecule has 0 bridgehead atoms. The van der Waals surface area contributed by atoms with Crippen molar-refractivity contribution in [3.8, 4) is 6.07 Å². The maximum absolute atomic E-state index is 13.1. The first-order chi connectivity index (χ1) is 16.2. The van der Waals surface area contributed by atoms with E-state index in [1.165, 1.54) is 11.3 Å². The molecule has 0 amide bonds. The zero-order chi connectivity index (χ0) is 24.5. The molecule has 1 aliphatic heterocycles. The third-order valence-electron chi connectivity index (χ3n) is 6.64. The first kappa shape index (κ1) is 23.9. The van der Waals surface area contributed by atoms with Gasteiger partial charge >= 0.3 is 5.97 Å². The molecule has 34 heavy (non-hydrogen) atoms. The highest BCUT2D eigenvalue weighted by molar-refractivity contribution is 7.16. The lowest BCUT2D eigenvalue weighted by Gasteiger charge is -2.30. The topological polar surface area (TPSA) is 147 Å². The maximum atomic E-state index is 13.1. The average Bonchev–Trinajstić information content (AvgIpc) is 3.06. The van der Waals surface area contributed by atoms with Crippen LogP contribution in [-0.2, 0) is 21.5 Å². The van der Waals surface area contributed by atoms with Crippen LogP contribution in [0.4, 0.5) is 10.9 Å². The number of fused-ring (bicyclic) bond motifs is 1. The number of oxime groups is 1. The second-order valence-electron chi connectivity index (χ2n) is 9.19. The van der Waals surface area contributed by atoms with Crippen LogP contribution in [0.2, 0.25) is 0 Å². The predicted octanol–water partition coefficient (Wildman–Crippen LogP) is 1.98. The van der Waals surface area contributed by atoms with Crippen LogP contribution in [0.15, 0.2) is 17.4 Å². The number of rotatable bonds is 4. The van der Waals surface area contributed by atoms with E-state index < -0.39 is 11.4 Å². The minimum Gasteiger partial charge on any atom is -0.389 e. The number of aromatic nitrogens is 2. The van der Waals surface area contributed by atoms with Gasteiger partial charge in [0.1, 0.15) is 16.8 Å². The van der Waals surface area contributed by atoms with Crippen molar-refractivity contribution in [1.29, 1.82) is 5.26 Å². The summed E-state index contributed by atoms with van der Waals surface area (Å²) in [5.41, 5.74) is 12.6. The van der Waals surface area contributed by atoms with Crippen LogP contribution in [0.3, 0.4) is 0 Å². The molecule has 2 aliphatic rings. The summed E-state index contributed by atoms with van der Waals surface area (Å²) < 4.78 is 0. The molecule has 0 unspecified atom stereocenters. The molecule has 1 fully saturated rings. The minimum absolute atomic E-state index is 0.0124. The molecule has 0 radical (unpaired) electrons. The summed E-state index contributed by atoms with van der Waals surface area (Å²) in [6.45, 7) is 6.68. The lowest BCUT2D eigenvalue weighted by molar-refractivity contribution is -0.150. The summed E-state index contributed by atoms with van der Waals surface area (Å²) in [6.07, 6.45) is 4.76. The number of likely N-dealkylation sites (N-methyl/N-ethyl adjacent to an activating group) is 1. The van der Waals surface area contributed by atoms with Gasteiger partial charge in [0, 0.05) is 35.8 Å². The monoisotopic (exact) mass is 482 g/mol. The van der Waals surface area contributed by atoms with Crippen LogP contribution in [0.1, 0.15) is 54.8 Å². The fourth-order valence-corrected chi connectivity index (χ4v) is 6.03. The molecule has 4 N–H and O–H groups in total. The predicted molar refractivity (Wildman–Crippen MR) is 132 cm³/mol. The van der Waals surface area contributed by atoms with Crippen molar-refractivity contribution in [1.82, 2.24) is 14.9 Å². The number of amidine groups is 1. The highest BCUT2D eigenvalue weighted by Gasteiger charge is 2.44. The summed E-state index contributed by atoms with van der Waals surface area (Å²) in [6, 6.07) is 4.02. The Hall–Kier alpha value is -3.23. The summed E-state index contributed by atoms with van der Waals surface area (Å²) in [7, 11) is 2.11. The highest BCUT2D eigenvalue weighted by atomic mass is 32.1. The van der Waals surface area contributed by atoms with Gasteiger partial charge in [0.15, 0.2) is 5.84 Å². The molecule has 0 saturated carbocycles. The minimum atomic E-state index is -1.01. The molecule has 2 atom stereocenters. The molecule has 4 rings (SSSR count). The van der Waals surface area contributed by atoms with Crippen molar-refractivity contribution in [2.24, 2.45) is 10.9 Å². The number of nitrogen functional groups attached to an aromatic ring is 1. The third-order valence-corrected chi connectivity index (χ3v) is 7.72. The van der Waals surface area contributed by atoms with Crippen LogP contribution in [0.25, 0.3) is 0 Å². The van der Waals surface area contributed by atoms with Crippen LogP contribution in [0, 0.1) is 11.3 Å². The summed E-state index contributed by atoms with van der Waals surface area (Å²) in [5.74, 6) is -0.00760. The van der Waals surface area contributed by atoms with E-state index in [1.807, 2.05) is 0 Å². The first-order valence-corrected chi connectivity index (χ1v) is 12.2. The molecular formula is C23H30N8O2S. The zero-order valence-corrected chi connectivity index (χ0v) is 20.6. The number of carbonyl (C=O) groups excluding carboxylic acids is 1. The van der Waals surface area contributed by atoms with Crippen molar-refractivity contribution >= 4 is 34.1 Å². The van der Waals surface area contributed by atoms with Gasteiger partial charge < -0.3 is 26.1 Å². The van der Waals surface area contributed by atoms with Crippen LogP contribution in [0.5, 0.6) is 0 Å². The van der Waals surface area contributed by atoms with E-state index in [-0.39, 0.29) is 11.9 Å². The second kappa shape index (κ2) is 9.56. The fraction of sp³-hybridized carbons (Fsp3) is 0.522. The number of aryl methyl sites for hydroxylation is 1. The zero-order valence-electron chi connectivity index (χ0n) is 19.7. The van der Waals surface area contributed by atoms with E-state index in [1.54, 1.807) is 19.2 Å². The number of nitrogens with two attached hydrogens (primary N) is 2. The summed E-state index contributed by atoms with van der Waals surface area (Å²) in [5, 5.41) is 13.9. The number of hydrogen-bond donors (Lipinski definition) is 2. The molecular weight excluding hydrogens is 452 g/mol. The van der Waals surface area contributed by atoms with Gasteiger partial charge in [0.2, 0.25) is 5.95 Å². The largest absolute Gasteiger partial charge is 0.389 e. The number of carbonyl (C=O) groups is 1. The molecule has 2 aromatic heterocycles. The smallest absolute Gasteiger partial charge is 0.345 e. The first-order valence-electron chi connectivity index (χ1n) is 11.4. The number of thiophene rings is 1. The van der Waals surface area contributed by atoms with E-state index in [9.17, 15) is 10.1 Å². The Morgan fingerprint density at radius 3 is 2.97 bits per heavy atom. The molecule has 180 valence electrons. The Kier molecular flexibility index (Phi) is 6.72. The van der Waals surface area contributed by atoms with E-state index in [0.717, 1.165) is 43.8 Å². The van der Waals surface area contributed by atoms with Crippen molar-refractivity contribution in [3.05, 3.63) is 34.0 Å². The van der Waals surface area contributed by atoms with E-state index >= 15 is 0 Å². The molecule has 1 aliphatic carbocycles. The van der Waals surface area contributed by atoms with Gasteiger partial charge in [-0.25, -0.2) is 14.8 Å². The Labute approximate surface area is 203 Å². The average molecular weight is 483 g/mol. The van der Waals surface area contributed by atoms with Crippen LogP contribution >= 0.6 is 11.3 Å². The van der Waals surface area contributed by atoms with Gasteiger partial charge in [-0.15, -0.1) is 11.3 Å². The van der Waals surface area contributed by atoms with E-state index in [4.69, 9.17) is 16.3 Å². The van der Waals surface area contributed by atoms with Gasteiger partial charge in [-0.05, 0) is 59.2 Å². The van der Waals surface area contributed by atoms with E-state index in [2.05, 4.69) is 45.0 Å². The van der Waals surface area contributed by atoms with Gasteiger partial charge in [0.25, 0.3) is 0 Å². The van der Waals surface area contributed by atoms with Crippen LogP contribution < -0.4 is 16.4 Å². The van der Waals surface area contributed by atoms with Crippen molar-refractivity contribution in [2.45, 2.75) is 51.0 Å². The number of anilines is 2. The second-order valence-corrected chi connectivity index (χ2v) is 10.3. The molecule has 11 heteroatoms. The third kappa shape index (κ3) is 4.43. The highest BCUT2D eigenvalue weighted by Crippen LogP contribution is 2.46. The molecule has 0 aromatic carbocycles. The maximum Gasteiger partial charge on any atom is 0.345 e. The SMILES string of the molecule is C[C@H]1CN(C)CCCN1c1nccc(/C(N)=N/OC(=O)[C@@]2(C)CCCc3sc(N)c(C#N)c32)n1. The molecule has 10 nitrogen and oxygen atoms in total. The molecule has 0 spiro atoms. The molecule has 3 heterocycles. The lowest BCUT2D eigenvalue weighted by Crippen LogP contribution is -2.39. The molecule has 1 saturated heterocycles. The van der Waals surface area contributed by atoms with Crippen molar-refractivity contribution < 1.29 is 9.63 Å². The van der Waals surface area contributed by atoms with Gasteiger partial charge in [-0.2, -0.15) is 5.26 Å². The molecule has 2 aromatic rings. The Bertz CT molecular complexity index is 1160. The Morgan fingerprint density at radius 1 is 1.41 bits per heavy atom. The van der Waals surface area contributed by atoms with Gasteiger partial charge in [-0.1, -0.05) is 5.16 Å². The Morgan fingerprint density at radius 2 is 2.21 bits per heavy atom. The summed E-state index contributed by atoms with van der Waals surface area (Å²) >= 11 is 1.36. The number of nitriles is 1. The Balaban J connectivity index is 1.54. The standard InChI is InChI=1S/C23H30N8O2S/c1-14-13-30(3)10-5-11-31(14)22-27-9-7-16(28-22)19(25)29-33-21(32)23(2)8-4-6-17-18(23)15(12-24)20(26)34-17/h7,9,14H,4-6,8,10-11,13,26H2,1-3H3,(H2,25,29)/t14-,23-/m0/s1. The number of hydrogen-bond acceptors (Lipinski definition) is 10. The number of nitrogens with zero attached hydrogens (tertiary/aromatic N) is 6. The van der Waals surface area contributed by atoms with Gasteiger partial charge in [0.05, 0.1) is 11.0 Å². The lowest BCUT2D eigenvalue weighted by atomic mass is 9.72. The normalized spacial score (nSPS) is 23.6. The summed E-state index contributed by atoms with van der Waals surface area (Å²) in [4.78, 5) is 32.9. The quantitative estimate of drug-likeness (QED) is 0.289.